The van der Waals surface area contributed by atoms with Crippen LogP contribution in [0.25, 0.3) is 10.8 Å². The average molecular weight is 206 g/mol. The number of hydrogen-bond acceptors (Lipinski definition) is 0. The monoisotopic (exact) mass is 207 g/mol. The van der Waals surface area contributed by atoms with Gasteiger partial charge >= 0.3 is 73.7 Å². The predicted molar refractivity (Wildman–Crippen MR) is 49.3 cm³/mol. The molecule has 1 radical (unpaired) electrons. The fourth-order valence-corrected chi connectivity index (χ4v) is 1.58. The molecule has 1 heteroatoms. The third-order valence-corrected chi connectivity index (χ3v) is 2.25. The molecule has 0 atom stereocenters. The second-order valence-electron chi connectivity index (χ2n) is 2.51. The molecule has 0 spiro atoms. The van der Waals surface area contributed by atoms with Crippen LogP contribution in [0.3, 0.4) is 0 Å². The standard InChI is InChI=1S/C10H7Se/c11-10-6-5-8-3-1-2-4-9(8)7-10/h1-7H. The van der Waals surface area contributed by atoms with E-state index in [2.05, 4.69) is 58.5 Å². The summed E-state index contributed by atoms with van der Waals surface area (Å²) in [5.74, 6) is 0. The van der Waals surface area contributed by atoms with Crippen molar-refractivity contribution >= 4 is 31.2 Å². The summed E-state index contributed by atoms with van der Waals surface area (Å²) in [5, 5.41) is 2.59. The fraction of sp³-hybridized carbons (Fsp3) is 0. The van der Waals surface area contributed by atoms with E-state index in [-0.39, 0.29) is 0 Å². The second-order valence-corrected chi connectivity index (χ2v) is 3.50. The Kier molecular flexibility index (Phi) is 1.69. The summed E-state index contributed by atoms with van der Waals surface area (Å²) in [6.07, 6.45) is 0. The molecule has 2 rings (SSSR count). The second kappa shape index (κ2) is 2.69. The Bertz CT molecular complexity index is 379. The van der Waals surface area contributed by atoms with E-state index in [0.29, 0.717) is 0 Å². The molecule has 0 aliphatic heterocycles. The number of rotatable bonds is 0. The molecule has 0 N–H and O–H groups in total. The molecule has 2 aromatic rings. The van der Waals surface area contributed by atoms with Gasteiger partial charge in [-0.25, -0.2) is 0 Å². The van der Waals surface area contributed by atoms with Crippen LogP contribution in [0, 0.1) is 0 Å². The Morgan fingerprint density at radius 2 is 1.55 bits per heavy atom. The van der Waals surface area contributed by atoms with Gasteiger partial charge in [-0.1, -0.05) is 0 Å². The molecular formula is C10H7Se. The SMILES string of the molecule is [Se]c1ccc2ccccc2c1. The molecule has 0 amide bonds. The van der Waals surface area contributed by atoms with Crippen molar-refractivity contribution < 1.29 is 0 Å². The summed E-state index contributed by atoms with van der Waals surface area (Å²) >= 11 is 2.99. The van der Waals surface area contributed by atoms with Gasteiger partial charge in [0.25, 0.3) is 0 Å². The van der Waals surface area contributed by atoms with E-state index in [9.17, 15) is 0 Å². The predicted octanol–water partition coefficient (Wildman–Crippen LogP) is 1.63. The van der Waals surface area contributed by atoms with Gasteiger partial charge in [0.2, 0.25) is 0 Å². The first-order valence-electron chi connectivity index (χ1n) is 3.52. The zero-order valence-electron chi connectivity index (χ0n) is 5.95. The number of hydrogen-bond donors (Lipinski definition) is 0. The van der Waals surface area contributed by atoms with Crippen molar-refractivity contribution in [2.75, 3.05) is 0 Å². The zero-order valence-corrected chi connectivity index (χ0v) is 7.66. The molecule has 0 nitrogen and oxygen atoms in total. The molecule has 0 bridgehead atoms. The Balaban J connectivity index is 2.83. The summed E-state index contributed by atoms with van der Waals surface area (Å²) in [4.78, 5) is 0. The van der Waals surface area contributed by atoms with Gasteiger partial charge < -0.3 is 0 Å². The van der Waals surface area contributed by atoms with Crippen LogP contribution >= 0.6 is 0 Å². The number of fused-ring (bicyclic) bond motifs is 1. The first-order chi connectivity index (χ1) is 5.36. The van der Waals surface area contributed by atoms with Crippen molar-refractivity contribution in [1.82, 2.24) is 0 Å². The molecule has 11 heavy (non-hydrogen) atoms. The first-order valence-corrected chi connectivity index (χ1v) is 4.38. The van der Waals surface area contributed by atoms with E-state index in [4.69, 9.17) is 0 Å². The van der Waals surface area contributed by atoms with Crippen LogP contribution in [0.2, 0.25) is 0 Å². The minimum absolute atomic E-state index is 1.20. The normalized spacial score (nSPS) is 10.2. The summed E-state index contributed by atoms with van der Waals surface area (Å²) < 4.78 is 1.20. The van der Waals surface area contributed by atoms with E-state index < -0.39 is 0 Å². The van der Waals surface area contributed by atoms with Crippen LogP contribution in [0.15, 0.2) is 42.5 Å². The molecule has 0 aromatic heterocycles. The van der Waals surface area contributed by atoms with Crippen molar-refractivity contribution in [3.8, 4) is 0 Å². The molecule has 0 aliphatic carbocycles. The van der Waals surface area contributed by atoms with Gasteiger partial charge in [-0.15, -0.1) is 0 Å². The van der Waals surface area contributed by atoms with Crippen LogP contribution in [0.4, 0.5) is 0 Å². The number of benzene rings is 2. The summed E-state index contributed by atoms with van der Waals surface area (Å²) in [6.45, 7) is 0. The summed E-state index contributed by atoms with van der Waals surface area (Å²) in [6, 6.07) is 14.7. The van der Waals surface area contributed by atoms with Gasteiger partial charge in [0.1, 0.15) is 0 Å². The van der Waals surface area contributed by atoms with E-state index in [1.165, 1.54) is 15.2 Å². The quantitative estimate of drug-likeness (QED) is 0.575. The van der Waals surface area contributed by atoms with Crippen LogP contribution in [-0.4, -0.2) is 16.0 Å². The summed E-state index contributed by atoms with van der Waals surface area (Å²) in [5.41, 5.74) is 0. The maximum atomic E-state index is 2.99. The third kappa shape index (κ3) is 1.30. The van der Waals surface area contributed by atoms with Crippen molar-refractivity contribution in [3.05, 3.63) is 42.5 Å². The van der Waals surface area contributed by atoms with E-state index in [0.717, 1.165) is 0 Å². The van der Waals surface area contributed by atoms with Gasteiger partial charge in [0.05, 0.1) is 0 Å². The molecular weight excluding hydrogens is 199 g/mol. The Morgan fingerprint density at radius 3 is 2.36 bits per heavy atom. The Hall–Kier alpha value is -0.781. The molecule has 0 heterocycles. The van der Waals surface area contributed by atoms with Gasteiger partial charge in [0, 0.05) is 0 Å². The van der Waals surface area contributed by atoms with Crippen LogP contribution in [0.5, 0.6) is 0 Å². The molecule has 2 aromatic carbocycles. The molecule has 0 unspecified atom stereocenters. The van der Waals surface area contributed by atoms with E-state index in [1.807, 2.05) is 0 Å². The van der Waals surface area contributed by atoms with Gasteiger partial charge in [-0.3, -0.25) is 0 Å². The van der Waals surface area contributed by atoms with Crippen molar-refractivity contribution in [2.24, 2.45) is 0 Å². The Labute approximate surface area is 74.0 Å². The Morgan fingerprint density at radius 1 is 0.818 bits per heavy atom. The van der Waals surface area contributed by atoms with Crippen LogP contribution < -0.4 is 4.46 Å². The molecule has 0 aliphatic rings. The van der Waals surface area contributed by atoms with Gasteiger partial charge in [-0.05, 0) is 0 Å². The minimum atomic E-state index is 1.20. The van der Waals surface area contributed by atoms with Crippen LogP contribution in [-0.2, 0) is 0 Å². The van der Waals surface area contributed by atoms with Crippen molar-refractivity contribution in [2.45, 2.75) is 0 Å². The molecule has 53 valence electrons. The topological polar surface area (TPSA) is 0 Å². The molecule has 0 saturated heterocycles. The summed E-state index contributed by atoms with van der Waals surface area (Å²) in [7, 11) is 0. The first kappa shape index (κ1) is 6.90. The van der Waals surface area contributed by atoms with E-state index in [1.54, 1.807) is 0 Å². The van der Waals surface area contributed by atoms with Gasteiger partial charge in [0.15, 0.2) is 0 Å². The fourth-order valence-electron chi connectivity index (χ4n) is 1.17. The van der Waals surface area contributed by atoms with E-state index >= 15 is 0 Å². The molecule has 0 fully saturated rings. The third-order valence-electron chi connectivity index (χ3n) is 1.72. The van der Waals surface area contributed by atoms with Crippen molar-refractivity contribution in [3.63, 3.8) is 0 Å². The van der Waals surface area contributed by atoms with Crippen molar-refractivity contribution in [1.29, 1.82) is 0 Å². The van der Waals surface area contributed by atoms with Crippen LogP contribution in [0.1, 0.15) is 0 Å². The maximum absolute atomic E-state index is 2.99. The zero-order chi connectivity index (χ0) is 7.68. The molecule has 0 saturated carbocycles. The average Bonchev–Trinajstić information content (AvgIpc) is 2.04. The van der Waals surface area contributed by atoms with Gasteiger partial charge in [-0.2, -0.15) is 0 Å².